The van der Waals surface area contributed by atoms with Crippen LogP contribution in [-0.2, 0) is 0 Å². The summed E-state index contributed by atoms with van der Waals surface area (Å²) in [5, 5.41) is 19.1. The van der Waals surface area contributed by atoms with Gasteiger partial charge in [-0.2, -0.15) is 0 Å². The largest absolute Gasteiger partial charge is 0.486 e. The molecule has 3 rings (SSSR count). The number of ether oxygens (including phenoxy) is 1. The van der Waals surface area contributed by atoms with Crippen LogP contribution in [0.4, 0.5) is 16.2 Å². The quantitative estimate of drug-likeness (QED) is 0.607. The highest BCUT2D eigenvalue weighted by Gasteiger charge is 2.34. The van der Waals surface area contributed by atoms with E-state index in [1.807, 2.05) is 32.8 Å². The number of nitrogens with one attached hydrogen (secondary N) is 2. The lowest BCUT2D eigenvalue weighted by molar-refractivity contribution is 0.0365. The van der Waals surface area contributed by atoms with E-state index in [-0.39, 0.29) is 30.6 Å². The highest BCUT2D eigenvalue weighted by atomic mass is 16.5. The Hall–Kier alpha value is -3.11. The van der Waals surface area contributed by atoms with Gasteiger partial charge in [-0.1, -0.05) is 18.1 Å². The van der Waals surface area contributed by atoms with Crippen molar-refractivity contribution >= 4 is 23.3 Å². The molecule has 3 amide bonds. The molecule has 1 aliphatic heterocycles. The molecule has 1 aromatic heterocycles. The normalized spacial score (nSPS) is 19.4. The van der Waals surface area contributed by atoms with Gasteiger partial charge < -0.3 is 34.8 Å². The predicted octanol–water partition coefficient (Wildman–Crippen LogP) is 2.72. The number of benzene rings is 1. The Balaban J connectivity index is 1.98. The molecule has 2 heterocycles. The van der Waals surface area contributed by atoms with Gasteiger partial charge in [0.1, 0.15) is 17.5 Å². The zero-order valence-corrected chi connectivity index (χ0v) is 20.0. The molecule has 180 valence electrons. The Morgan fingerprint density at radius 3 is 2.67 bits per heavy atom. The first kappa shape index (κ1) is 24.5. The zero-order chi connectivity index (χ0) is 24.3. The monoisotopic (exact) mass is 459 g/mol. The van der Waals surface area contributed by atoms with E-state index in [0.29, 0.717) is 47.2 Å². The summed E-state index contributed by atoms with van der Waals surface area (Å²) >= 11 is 0. The summed E-state index contributed by atoms with van der Waals surface area (Å²) < 4.78 is 11.5. The van der Waals surface area contributed by atoms with Crippen LogP contribution in [0.3, 0.4) is 0 Å². The number of fused-ring (bicyclic) bond motifs is 1. The van der Waals surface area contributed by atoms with E-state index in [1.165, 1.54) is 0 Å². The molecule has 10 nitrogen and oxygen atoms in total. The number of aromatic nitrogens is 1. The van der Waals surface area contributed by atoms with Crippen LogP contribution in [0.2, 0.25) is 0 Å². The van der Waals surface area contributed by atoms with Crippen LogP contribution in [0.25, 0.3) is 0 Å². The number of aryl methyl sites for hydroxylation is 2. The minimum absolute atomic E-state index is 0.0114. The summed E-state index contributed by atoms with van der Waals surface area (Å²) in [5.41, 5.74) is 1.76. The second-order valence-electron chi connectivity index (χ2n) is 8.85. The molecule has 0 radical (unpaired) electrons. The van der Waals surface area contributed by atoms with Gasteiger partial charge in [-0.3, -0.25) is 4.79 Å². The van der Waals surface area contributed by atoms with Crippen molar-refractivity contribution in [3.8, 4) is 5.75 Å². The van der Waals surface area contributed by atoms with Gasteiger partial charge in [0.15, 0.2) is 11.5 Å². The average molecular weight is 460 g/mol. The number of rotatable bonds is 6. The highest BCUT2D eigenvalue weighted by molar-refractivity contribution is 6.04. The maximum atomic E-state index is 13.4. The van der Waals surface area contributed by atoms with Gasteiger partial charge in [-0.15, -0.1) is 0 Å². The number of urea groups is 1. The summed E-state index contributed by atoms with van der Waals surface area (Å²) in [6.45, 7) is 8.19. The Morgan fingerprint density at radius 1 is 1.33 bits per heavy atom. The van der Waals surface area contributed by atoms with Crippen molar-refractivity contribution in [2.45, 2.75) is 39.8 Å². The van der Waals surface area contributed by atoms with Crippen molar-refractivity contribution in [1.82, 2.24) is 15.0 Å². The highest BCUT2D eigenvalue weighted by Crippen LogP contribution is 2.35. The fourth-order valence-electron chi connectivity index (χ4n) is 3.85. The summed E-state index contributed by atoms with van der Waals surface area (Å²) in [7, 11) is 3.91. The fraction of sp³-hybridized carbons (Fsp3) is 0.522. The number of carbonyl (C=O) groups excluding carboxylic acids is 2. The SMILES string of the molecule is Cc1noc(C)c1NC(=O)Nc1cccc2c1O[C@@H](CN(C)C)[C@H](C)CN([C@@H](C)CO)C2=O. The molecular weight excluding hydrogens is 426 g/mol. The number of nitrogens with zero attached hydrogens (tertiary/aromatic N) is 3. The molecule has 3 N–H and O–H groups in total. The summed E-state index contributed by atoms with van der Waals surface area (Å²) in [6, 6.07) is 4.20. The van der Waals surface area contributed by atoms with E-state index in [9.17, 15) is 14.7 Å². The Bertz CT molecular complexity index is 986. The first-order valence-corrected chi connectivity index (χ1v) is 11.0. The van der Waals surface area contributed by atoms with E-state index < -0.39 is 6.03 Å². The number of aliphatic hydroxyl groups excluding tert-OH is 1. The first-order valence-electron chi connectivity index (χ1n) is 11.0. The first-order chi connectivity index (χ1) is 15.6. The van der Waals surface area contributed by atoms with Crippen LogP contribution >= 0.6 is 0 Å². The minimum atomic E-state index is -0.506. The van der Waals surface area contributed by atoms with Crippen molar-refractivity contribution in [2.75, 3.05) is 44.4 Å². The Morgan fingerprint density at radius 2 is 2.06 bits per heavy atom. The van der Waals surface area contributed by atoms with Crippen LogP contribution < -0.4 is 15.4 Å². The molecule has 0 spiro atoms. The van der Waals surface area contributed by atoms with Crippen molar-refractivity contribution in [3.05, 3.63) is 35.2 Å². The molecule has 0 aliphatic carbocycles. The Labute approximate surface area is 193 Å². The molecule has 0 fully saturated rings. The maximum absolute atomic E-state index is 13.4. The minimum Gasteiger partial charge on any atom is -0.486 e. The summed E-state index contributed by atoms with van der Waals surface area (Å²) in [4.78, 5) is 29.9. The van der Waals surface area contributed by atoms with Crippen LogP contribution in [0.15, 0.2) is 22.7 Å². The second kappa shape index (κ2) is 10.2. The number of hydrogen-bond acceptors (Lipinski definition) is 7. The van der Waals surface area contributed by atoms with E-state index >= 15 is 0 Å². The summed E-state index contributed by atoms with van der Waals surface area (Å²) in [5.74, 6) is 0.537. The fourth-order valence-corrected chi connectivity index (χ4v) is 3.85. The lowest BCUT2D eigenvalue weighted by atomic mass is 9.99. The summed E-state index contributed by atoms with van der Waals surface area (Å²) in [6.07, 6.45) is -0.242. The standard InChI is InChI=1S/C23H33N5O5/c1-13-10-28(14(2)12-29)22(30)17-8-7-9-18(21(17)32-19(13)11-27(5)6)24-23(31)25-20-15(3)26-33-16(20)4/h7-9,13-14,19,29H,10-12H2,1-6H3,(H2,24,25,31)/t13-,14+,19+/m1/s1. The number of amides is 3. The third-order valence-electron chi connectivity index (χ3n) is 5.76. The van der Waals surface area contributed by atoms with Gasteiger partial charge in [0.25, 0.3) is 5.91 Å². The molecule has 1 aromatic carbocycles. The van der Waals surface area contributed by atoms with Crippen LogP contribution in [0.5, 0.6) is 5.75 Å². The maximum Gasteiger partial charge on any atom is 0.323 e. The molecule has 10 heteroatoms. The van der Waals surface area contributed by atoms with Crippen molar-refractivity contribution < 1.29 is 24.0 Å². The molecule has 0 saturated heterocycles. The second-order valence-corrected chi connectivity index (χ2v) is 8.85. The van der Waals surface area contributed by atoms with Gasteiger partial charge >= 0.3 is 6.03 Å². The number of hydrogen-bond donors (Lipinski definition) is 3. The van der Waals surface area contributed by atoms with E-state index in [0.717, 1.165) is 0 Å². The lowest BCUT2D eigenvalue weighted by Crippen LogP contribution is -2.49. The molecule has 0 bridgehead atoms. The number of carbonyl (C=O) groups is 2. The van der Waals surface area contributed by atoms with Gasteiger partial charge in [-0.25, -0.2) is 4.79 Å². The number of anilines is 2. The van der Waals surface area contributed by atoms with Crippen molar-refractivity contribution in [2.24, 2.45) is 5.92 Å². The number of likely N-dealkylation sites (N-methyl/N-ethyl adjacent to an activating group) is 1. The van der Waals surface area contributed by atoms with Crippen molar-refractivity contribution in [1.29, 1.82) is 0 Å². The average Bonchev–Trinajstić information content (AvgIpc) is 3.07. The lowest BCUT2D eigenvalue weighted by Gasteiger charge is -2.38. The van der Waals surface area contributed by atoms with E-state index in [4.69, 9.17) is 9.26 Å². The Kier molecular flexibility index (Phi) is 7.60. The molecular formula is C23H33N5O5. The van der Waals surface area contributed by atoms with Crippen LogP contribution in [0.1, 0.15) is 35.7 Å². The van der Waals surface area contributed by atoms with Gasteiger partial charge in [0.2, 0.25) is 0 Å². The molecule has 33 heavy (non-hydrogen) atoms. The number of para-hydroxylation sites is 1. The third-order valence-corrected chi connectivity index (χ3v) is 5.76. The van der Waals surface area contributed by atoms with E-state index in [2.05, 4.69) is 15.8 Å². The molecule has 3 atom stereocenters. The van der Waals surface area contributed by atoms with Gasteiger partial charge in [0, 0.05) is 19.0 Å². The van der Waals surface area contributed by atoms with Gasteiger partial charge in [0.05, 0.1) is 23.9 Å². The van der Waals surface area contributed by atoms with E-state index in [1.54, 1.807) is 36.9 Å². The van der Waals surface area contributed by atoms with Crippen LogP contribution in [-0.4, -0.2) is 77.9 Å². The van der Waals surface area contributed by atoms with Gasteiger partial charge in [-0.05, 0) is 47.0 Å². The zero-order valence-electron chi connectivity index (χ0n) is 20.0. The number of aliphatic hydroxyl groups is 1. The molecule has 0 unspecified atom stereocenters. The predicted molar refractivity (Wildman–Crippen MR) is 125 cm³/mol. The molecule has 1 aliphatic rings. The molecule has 0 saturated carbocycles. The third kappa shape index (κ3) is 5.45. The van der Waals surface area contributed by atoms with Crippen molar-refractivity contribution in [3.63, 3.8) is 0 Å². The smallest absolute Gasteiger partial charge is 0.323 e. The molecule has 2 aromatic rings. The van der Waals surface area contributed by atoms with Crippen LogP contribution in [0, 0.1) is 19.8 Å². The topological polar surface area (TPSA) is 120 Å².